The molecule has 0 saturated heterocycles. The second-order valence-corrected chi connectivity index (χ2v) is 6.01. The van der Waals surface area contributed by atoms with E-state index in [0.29, 0.717) is 11.5 Å². The summed E-state index contributed by atoms with van der Waals surface area (Å²) in [7, 11) is 0. The molecule has 0 radical (unpaired) electrons. The summed E-state index contributed by atoms with van der Waals surface area (Å²) in [6.07, 6.45) is 1.66. The van der Waals surface area contributed by atoms with Crippen LogP contribution in [0.15, 0.2) is 66.9 Å². The van der Waals surface area contributed by atoms with Gasteiger partial charge in [0.2, 0.25) is 0 Å². The Kier molecular flexibility index (Phi) is 3.85. The van der Waals surface area contributed by atoms with E-state index >= 15 is 0 Å². The van der Waals surface area contributed by atoms with Gasteiger partial charge in [-0.05, 0) is 25.1 Å². The van der Waals surface area contributed by atoms with E-state index in [1.165, 1.54) is 5.56 Å². The number of aryl methyl sites for hydroxylation is 1. The summed E-state index contributed by atoms with van der Waals surface area (Å²) in [5.74, 6) is -0.192. The summed E-state index contributed by atoms with van der Waals surface area (Å²) in [6, 6.07) is 19.5. The molecular formula is C20H17N5O. The number of hydrogen-bond donors (Lipinski definition) is 2. The molecule has 2 heterocycles. The molecule has 0 aliphatic rings. The highest BCUT2D eigenvalue weighted by Crippen LogP contribution is 2.27. The van der Waals surface area contributed by atoms with Gasteiger partial charge >= 0.3 is 0 Å². The minimum atomic E-state index is -0.577. The van der Waals surface area contributed by atoms with Crippen molar-refractivity contribution in [2.45, 2.75) is 6.92 Å². The van der Waals surface area contributed by atoms with Gasteiger partial charge in [-0.2, -0.15) is 0 Å². The molecule has 3 N–H and O–H groups in total. The van der Waals surface area contributed by atoms with Gasteiger partial charge in [0.15, 0.2) is 11.5 Å². The second kappa shape index (κ2) is 6.33. The van der Waals surface area contributed by atoms with Crippen LogP contribution in [-0.4, -0.2) is 20.5 Å². The van der Waals surface area contributed by atoms with Crippen molar-refractivity contribution in [2.24, 2.45) is 5.73 Å². The molecular weight excluding hydrogens is 326 g/mol. The number of rotatable bonds is 4. The minimum Gasteiger partial charge on any atom is -0.365 e. The van der Waals surface area contributed by atoms with Gasteiger partial charge in [0.05, 0.1) is 5.69 Å². The maximum absolute atomic E-state index is 12.1. The Morgan fingerprint density at radius 1 is 1.04 bits per heavy atom. The number of aromatic nitrogens is 3. The Hall–Kier alpha value is -3.67. The molecule has 1 amide bonds. The lowest BCUT2D eigenvalue weighted by molar-refractivity contribution is 0.100. The lowest BCUT2D eigenvalue weighted by Gasteiger charge is -2.05. The molecule has 2 aromatic heterocycles. The number of fused-ring (bicyclic) bond motifs is 1. The molecule has 4 aromatic rings. The van der Waals surface area contributed by atoms with Crippen LogP contribution in [0.4, 0.5) is 11.5 Å². The van der Waals surface area contributed by atoms with Crippen LogP contribution in [0, 0.1) is 6.92 Å². The zero-order valence-electron chi connectivity index (χ0n) is 14.2. The van der Waals surface area contributed by atoms with Crippen LogP contribution in [-0.2, 0) is 0 Å². The number of primary amides is 1. The SMILES string of the molecule is Cc1ccc(-c2ccnc3c(C(N)=O)c(Nc4ccccc4)nn23)cc1. The van der Waals surface area contributed by atoms with E-state index in [4.69, 9.17) is 5.73 Å². The molecule has 0 aliphatic heterocycles. The molecule has 6 heteroatoms. The first-order chi connectivity index (χ1) is 12.6. The van der Waals surface area contributed by atoms with Crippen LogP contribution in [0.3, 0.4) is 0 Å². The van der Waals surface area contributed by atoms with E-state index in [2.05, 4.69) is 15.4 Å². The lowest BCUT2D eigenvalue weighted by Crippen LogP contribution is -2.13. The largest absolute Gasteiger partial charge is 0.365 e. The van der Waals surface area contributed by atoms with Crippen LogP contribution >= 0.6 is 0 Å². The molecule has 128 valence electrons. The van der Waals surface area contributed by atoms with Crippen molar-refractivity contribution in [3.63, 3.8) is 0 Å². The average molecular weight is 343 g/mol. The molecule has 4 rings (SSSR count). The number of para-hydroxylation sites is 1. The number of carbonyl (C=O) groups excluding carboxylic acids is 1. The maximum Gasteiger partial charge on any atom is 0.256 e. The van der Waals surface area contributed by atoms with Gasteiger partial charge in [-0.15, -0.1) is 5.10 Å². The number of hydrogen-bond acceptors (Lipinski definition) is 4. The number of carbonyl (C=O) groups is 1. The quantitative estimate of drug-likeness (QED) is 0.593. The third-order valence-corrected chi connectivity index (χ3v) is 4.15. The van der Waals surface area contributed by atoms with E-state index in [9.17, 15) is 4.79 Å². The molecule has 2 aromatic carbocycles. The summed E-state index contributed by atoms with van der Waals surface area (Å²) in [5, 5.41) is 7.73. The number of benzene rings is 2. The number of nitrogens with one attached hydrogen (secondary N) is 1. The van der Waals surface area contributed by atoms with Gasteiger partial charge in [-0.3, -0.25) is 4.79 Å². The molecule has 0 bridgehead atoms. The Bertz CT molecular complexity index is 1080. The molecule has 0 atom stereocenters. The molecule has 0 spiro atoms. The number of anilines is 2. The van der Waals surface area contributed by atoms with E-state index in [0.717, 1.165) is 16.9 Å². The predicted molar refractivity (Wildman–Crippen MR) is 101 cm³/mol. The van der Waals surface area contributed by atoms with Crippen molar-refractivity contribution in [1.82, 2.24) is 14.6 Å². The lowest BCUT2D eigenvalue weighted by atomic mass is 10.1. The smallest absolute Gasteiger partial charge is 0.256 e. The second-order valence-electron chi connectivity index (χ2n) is 6.01. The van der Waals surface area contributed by atoms with Crippen LogP contribution < -0.4 is 11.1 Å². The van der Waals surface area contributed by atoms with Crippen molar-refractivity contribution >= 4 is 23.1 Å². The van der Waals surface area contributed by atoms with Gasteiger partial charge in [0, 0.05) is 17.4 Å². The highest BCUT2D eigenvalue weighted by Gasteiger charge is 2.21. The van der Waals surface area contributed by atoms with Crippen LogP contribution in [0.25, 0.3) is 16.9 Å². The Morgan fingerprint density at radius 2 is 1.77 bits per heavy atom. The fourth-order valence-electron chi connectivity index (χ4n) is 2.86. The van der Waals surface area contributed by atoms with Crippen LogP contribution in [0.5, 0.6) is 0 Å². The predicted octanol–water partition coefficient (Wildman–Crippen LogP) is 3.55. The summed E-state index contributed by atoms with van der Waals surface area (Å²) >= 11 is 0. The fraction of sp³-hybridized carbons (Fsp3) is 0.0500. The van der Waals surface area contributed by atoms with Gasteiger partial charge in [-0.1, -0.05) is 48.0 Å². The summed E-state index contributed by atoms with van der Waals surface area (Å²) in [4.78, 5) is 16.4. The van der Waals surface area contributed by atoms with Gasteiger partial charge in [0.1, 0.15) is 5.56 Å². The Labute approximate surface area is 150 Å². The van der Waals surface area contributed by atoms with Crippen LogP contribution in [0.1, 0.15) is 15.9 Å². The minimum absolute atomic E-state index is 0.266. The van der Waals surface area contributed by atoms with Crippen molar-refractivity contribution in [2.75, 3.05) is 5.32 Å². The van der Waals surface area contributed by atoms with E-state index in [-0.39, 0.29) is 5.56 Å². The molecule has 6 nitrogen and oxygen atoms in total. The van der Waals surface area contributed by atoms with Crippen LogP contribution in [0.2, 0.25) is 0 Å². The third kappa shape index (κ3) is 2.77. The molecule has 0 saturated carbocycles. The number of nitrogens with zero attached hydrogens (tertiary/aromatic N) is 3. The summed E-state index contributed by atoms with van der Waals surface area (Å²) in [6.45, 7) is 2.03. The first-order valence-electron chi connectivity index (χ1n) is 8.20. The van der Waals surface area contributed by atoms with E-state index in [1.54, 1.807) is 10.7 Å². The molecule has 0 aliphatic carbocycles. The van der Waals surface area contributed by atoms with E-state index < -0.39 is 5.91 Å². The molecule has 0 fully saturated rings. The first-order valence-corrected chi connectivity index (χ1v) is 8.20. The normalized spacial score (nSPS) is 10.8. The average Bonchev–Trinajstić information content (AvgIpc) is 3.01. The summed E-state index contributed by atoms with van der Waals surface area (Å²) in [5.41, 5.74) is 10.1. The van der Waals surface area contributed by atoms with Gasteiger partial charge in [-0.25, -0.2) is 9.50 Å². The monoisotopic (exact) mass is 343 g/mol. The summed E-state index contributed by atoms with van der Waals surface area (Å²) < 4.78 is 1.65. The maximum atomic E-state index is 12.1. The fourth-order valence-corrected chi connectivity index (χ4v) is 2.86. The Morgan fingerprint density at radius 3 is 2.46 bits per heavy atom. The van der Waals surface area contributed by atoms with Gasteiger partial charge in [0.25, 0.3) is 5.91 Å². The number of nitrogens with two attached hydrogens (primary N) is 1. The van der Waals surface area contributed by atoms with E-state index in [1.807, 2.05) is 67.6 Å². The first kappa shape index (κ1) is 15.8. The van der Waals surface area contributed by atoms with Crippen molar-refractivity contribution in [3.05, 3.63) is 78.0 Å². The Balaban J connectivity index is 1.90. The topological polar surface area (TPSA) is 85.3 Å². The zero-order valence-corrected chi connectivity index (χ0v) is 14.2. The highest BCUT2D eigenvalue weighted by atomic mass is 16.1. The van der Waals surface area contributed by atoms with Crippen molar-refractivity contribution < 1.29 is 4.79 Å². The standard InChI is InChI=1S/C20H17N5O/c1-13-7-9-14(10-8-13)16-11-12-22-20-17(18(21)26)19(24-25(16)20)23-15-5-3-2-4-6-15/h2-12H,1H3,(H2,21,26)(H,23,24). The highest BCUT2D eigenvalue weighted by molar-refractivity contribution is 6.04. The van der Waals surface area contributed by atoms with Crippen molar-refractivity contribution in [3.8, 4) is 11.3 Å². The third-order valence-electron chi connectivity index (χ3n) is 4.15. The van der Waals surface area contributed by atoms with Crippen molar-refractivity contribution in [1.29, 1.82) is 0 Å². The molecule has 0 unspecified atom stereocenters. The van der Waals surface area contributed by atoms with Gasteiger partial charge < -0.3 is 11.1 Å². The molecule has 26 heavy (non-hydrogen) atoms. The number of amides is 1. The zero-order chi connectivity index (χ0) is 18.1.